The van der Waals surface area contributed by atoms with Crippen molar-refractivity contribution in [2.45, 2.75) is 19.3 Å². The molecule has 3 heteroatoms. The molecule has 1 aliphatic rings. The van der Waals surface area contributed by atoms with Gasteiger partial charge in [0.15, 0.2) is 5.17 Å². The Labute approximate surface area is 72.9 Å². The lowest BCUT2D eigenvalue weighted by molar-refractivity contribution is 0.810. The van der Waals surface area contributed by atoms with E-state index in [0.717, 1.165) is 11.1 Å². The van der Waals surface area contributed by atoms with Crippen molar-refractivity contribution in [3.63, 3.8) is 0 Å². The van der Waals surface area contributed by atoms with Crippen molar-refractivity contribution in [2.75, 3.05) is 19.8 Å². The highest BCUT2D eigenvalue weighted by atomic mass is 32.2. The maximum Gasteiger partial charge on any atom is 0.156 e. The Morgan fingerprint density at radius 2 is 2.36 bits per heavy atom. The van der Waals surface area contributed by atoms with E-state index >= 15 is 0 Å². The van der Waals surface area contributed by atoms with Gasteiger partial charge in [0.2, 0.25) is 0 Å². The molecule has 1 fully saturated rings. The van der Waals surface area contributed by atoms with Gasteiger partial charge >= 0.3 is 0 Å². The fraction of sp³-hybridized carbons (Fsp3) is 0.875. The van der Waals surface area contributed by atoms with Crippen LogP contribution in [0.5, 0.6) is 0 Å². The zero-order chi connectivity index (χ0) is 8.10. The van der Waals surface area contributed by atoms with Gasteiger partial charge in [-0.3, -0.25) is 4.99 Å². The zero-order valence-corrected chi connectivity index (χ0v) is 8.08. The van der Waals surface area contributed by atoms with Gasteiger partial charge in [-0.15, -0.1) is 0 Å². The van der Waals surface area contributed by atoms with Crippen molar-refractivity contribution >= 4 is 16.9 Å². The molecule has 0 bridgehead atoms. The van der Waals surface area contributed by atoms with Gasteiger partial charge in [-0.2, -0.15) is 0 Å². The molecule has 0 unspecified atom stereocenters. The summed E-state index contributed by atoms with van der Waals surface area (Å²) in [6, 6.07) is 0. The van der Waals surface area contributed by atoms with Crippen LogP contribution < -0.4 is 5.32 Å². The van der Waals surface area contributed by atoms with Crippen LogP contribution in [0.1, 0.15) is 19.3 Å². The van der Waals surface area contributed by atoms with E-state index in [1.54, 1.807) is 0 Å². The van der Waals surface area contributed by atoms with Crippen LogP contribution in [-0.4, -0.2) is 25.0 Å². The van der Waals surface area contributed by atoms with Crippen molar-refractivity contribution in [2.24, 2.45) is 10.9 Å². The van der Waals surface area contributed by atoms with Crippen molar-refractivity contribution in [3.05, 3.63) is 0 Å². The van der Waals surface area contributed by atoms with E-state index in [0.29, 0.717) is 0 Å². The number of hydrogen-bond donors (Lipinski definition) is 1. The van der Waals surface area contributed by atoms with Crippen molar-refractivity contribution < 1.29 is 0 Å². The lowest BCUT2D eigenvalue weighted by atomic mass is 10.3. The molecule has 0 aromatic heterocycles. The third-order valence-corrected chi connectivity index (χ3v) is 2.98. The number of rotatable bonds is 3. The molecule has 0 spiro atoms. The summed E-state index contributed by atoms with van der Waals surface area (Å²) >= 11 is 1.83. The van der Waals surface area contributed by atoms with Gasteiger partial charge in [-0.1, -0.05) is 24.6 Å². The Hall–Kier alpha value is -0.180. The Kier molecular flexibility index (Phi) is 3.77. The highest BCUT2D eigenvalue weighted by Crippen LogP contribution is 2.33. The minimum absolute atomic E-state index is 1.04. The SMILES string of the molecule is CN=C(NC)SCCC1CC1. The van der Waals surface area contributed by atoms with Gasteiger partial charge < -0.3 is 5.32 Å². The second-order valence-corrected chi connectivity index (χ2v) is 3.94. The zero-order valence-electron chi connectivity index (χ0n) is 7.26. The minimum atomic E-state index is 1.04. The molecule has 0 aromatic rings. The Morgan fingerprint density at radius 3 is 2.82 bits per heavy atom. The van der Waals surface area contributed by atoms with Crippen LogP contribution in [0.2, 0.25) is 0 Å². The number of amidine groups is 1. The predicted octanol–water partition coefficient (Wildman–Crippen LogP) is 1.72. The molecular formula is C8H16N2S. The molecular weight excluding hydrogens is 156 g/mol. The first-order chi connectivity index (χ1) is 5.36. The molecule has 1 rings (SSSR count). The van der Waals surface area contributed by atoms with Crippen LogP contribution in [0.25, 0.3) is 0 Å². The number of hydrogen-bond acceptors (Lipinski definition) is 2. The first-order valence-electron chi connectivity index (χ1n) is 4.14. The second-order valence-electron chi connectivity index (χ2n) is 2.86. The van der Waals surface area contributed by atoms with Gasteiger partial charge in [0.25, 0.3) is 0 Å². The Morgan fingerprint density at radius 1 is 1.64 bits per heavy atom. The van der Waals surface area contributed by atoms with Gasteiger partial charge in [0, 0.05) is 19.8 Å². The number of nitrogens with one attached hydrogen (secondary N) is 1. The smallest absolute Gasteiger partial charge is 0.156 e. The fourth-order valence-electron chi connectivity index (χ4n) is 0.977. The maximum atomic E-state index is 4.09. The van der Waals surface area contributed by atoms with Crippen molar-refractivity contribution in [1.82, 2.24) is 5.32 Å². The normalized spacial score (nSPS) is 18.5. The van der Waals surface area contributed by atoms with Crippen LogP contribution in [0, 0.1) is 5.92 Å². The van der Waals surface area contributed by atoms with Gasteiger partial charge in [0.05, 0.1) is 0 Å². The molecule has 0 atom stereocenters. The first kappa shape index (κ1) is 8.91. The number of nitrogens with zero attached hydrogens (tertiary/aromatic N) is 1. The molecule has 0 aliphatic heterocycles. The lowest BCUT2D eigenvalue weighted by Gasteiger charge is -2.02. The Balaban J connectivity index is 1.99. The highest BCUT2D eigenvalue weighted by molar-refractivity contribution is 8.13. The maximum absolute atomic E-state index is 4.09. The monoisotopic (exact) mass is 172 g/mol. The third kappa shape index (κ3) is 3.65. The van der Waals surface area contributed by atoms with E-state index in [1.807, 2.05) is 25.9 Å². The average molecular weight is 172 g/mol. The molecule has 0 amide bonds. The lowest BCUT2D eigenvalue weighted by Crippen LogP contribution is -2.14. The van der Waals surface area contributed by atoms with Gasteiger partial charge in [0.1, 0.15) is 0 Å². The van der Waals surface area contributed by atoms with Crippen LogP contribution in [0.15, 0.2) is 4.99 Å². The largest absolute Gasteiger partial charge is 0.368 e. The molecule has 11 heavy (non-hydrogen) atoms. The summed E-state index contributed by atoms with van der Waals surface area (Å²) in [7, 11) is 3.75. The van der Waals surface area contributed by atoms with Gasteiger partial charge in [-0.25, -0.2) is 0 Å². The number of aliphatic imine (C=N–C) groups is 1. The molecule has 0 aromatic carbocycles. The standard InChI is InChI=1S/C8H16N2S/c1-9-8(10-2)11-6-5-7-3-4-7/h7H,3-6H2,1-2H3,(H,9,10). The summed E-state index contributed by atoms with van der Waals surface area (Å²) in [5, 5.41) is 4.12. The highest BCUT2D eigenvalue weighted by Gasteiger charge is 2.20. The van der Waals surface area contributed by atoms with E-state index in [1.165, 1.54) is 25.0 Å². The van der Waals surface area contributed by atoms with E-state index < -0.39 is 0 Å². The summed E-state index contributed by atoms with van der Waals surface area (Å²) < 4.78 is 0. The molecule has 64 valence electrons. The van der Waals surface area contributed by atoms with Crippen LogP contribution in [0.4, 0.5) is 0 Å². The molecule has 0 radical (unpaired) electrons. The summed E-state index contributed by atoms with van der Waals surface area (Å²) in [5.41, 5.74) is 0. The van der Waals surface area contributed by atoms with E-state index in [2.05, 4.69) is 10.3 Å². The van der Waals surface area contributed by atoms with E-state index in [-0.39, 0.29) is 0 Å². The average Bonchev–Trinajstić information content (AvgIpc) is 2.82. The summed E-state index contributed by atoms with van der Waals surface area (Å²) in [6.07, 6.45) is 4.28. The van der Waals surface area contributed by atoms with Crippen LogP contribution >= 0.6 is 11.8 Å². The second kappa shape index (κ2) is 4.65. The van der Waals surface area contributed by atoms with Gasteiger partial charge in [-0.05, 0) is 12.3 Å². The van der Waals surface area contributed by atoms with Crippen molar-refractivity contribution in [3.8, 4) is 0 Å². The van der Waals surface area contributed by atoms with Crippen molar-refractivity contribution in [1.29, 1.82) is 0 Å². The quantitative estimate of drug-likeness (QED) is 0.518. The third-order valence-electron chi connectivity index (χ3n) is 1.88. The molecule has 1 N–H and O–H groups in total. The fourth-order valence-corrected chi connectivity index (χ4v) is 1.90. The summed E-state index contributed by atoms with van der Waals surface area (Å²) in [4.78, 5) is 4.09. The van der Waals surface area contributed by atoms with E-state index in [9.17, 15) is 0 Å². The van der Waals surface area contributed by atoms with E-state index in [4.69, 9.17) is 0 Å². The molecule has 1 aliphatic carbocycles. The Bertz CT molecular complexity index is 141. The first-order valence-corrected chi connectivity index (χ1v) is 5.12. The minimum Gasteiger partial charge on any atom is -0.368 e. The predicted molar refractivity (Wildman–Crippen MR) is 52.2 cm³/mol. The van der Waals surface area contributed by atoms with Crippen LogP contribution in [0.3, 0.4) is 0 Å². The topological polar surface area (TPSA) is 24.4 Å². The summed E-state index contributed by atoms with van der Waals surface area (Å²) in [5.74, 6) is 2.26. The molecule has 0 heterocycles. The summed E-state index contributed by atoms with van der Waals surface area (Å²) in [6.45, 7) is 0. The molecule has 1 saturated carbocycles. The molecule has 2 nitrogen and oxygen atoms in total. The molecule has 0 saturated heterocycles. The van der Waals surface area contributed by atoms with Crippen LogP contribution in [-0.2, 0) is 0 Å². The number of thioether (sulfide) groups is 1.